The topological polar surface area (TPSA) is 9.86 Å². The summed E-state index contributed by atoms with van der Waals surface area (Å²) in [6.45, 7) is 0. The van der Waals surface area contributed by atoms with Gasteiger partial charge in [-0.05, 0) is 64.0 Å². The first-order valence-electron chi connectivity index (χ1n) is 13.8. The molecule has 0 aliphatic carbocycles. The summed E-state index contributed by atoms with van der Waals surface area (Å²) in [5.41, 5.74) is 7.23. The number of benzene rings is 7. The zero-order valence-corrected chi connectivity index (χ0v) is 21.8. The zero-order valence-electron chi connectivity index (χ0n) is 21.8. The van der Waals surface area contributed by atoms with Crippen molar-refractivity contribution in [2.75, 3.05) is 0 Å². The van der Waals surface area contributed by atoms with E-state index < -0.39 is 0 Å². The Morgan fingerprint density at radius 2 is 0.825 bits per heavy atom. The van der Waals surface area contributed by atoms with Crippen molar-refractivity contribution >= 4 is 65.2 Å². The van der Waals surface area contributed by atoms with Gasteiger partial charge in [0.25, 0.3) is 0 Å². The normalized spacial score (nSPS) is 12.0. The number of aromatic nitrogens is 2. The van der Waals surface area contributed by atoms with E-state index in [1.807, 2.05) is 0 Å². The summed E-state index contributed by atoms with van der Waals surface area (Å²) in [7, 11) is 0. The minimum Gasteiger partial charge on any atom is -0.309 e. The minimum atomic E-state index is 1.16. The lowest BCUT2D eigenvalue weighted by Crippen LogP contribution is -1.96. The van der Waals surface area contributed by atoms with Gasteiger partial charge in [-0.1, -0.05) is 103 Å². The van der Waals surface area contributed by atoms with Gasteiger partial charge in [-0.2, -0.15) is 0 Å². The Labute approximate surface area is 230 Å². The molecule has 186 valence electrons. The molecular formula is C38H24N2. The van der Waals surface area contributed by atoms with Gasteiger partial charge in [0, 0.05) is 32.9 Å². The van der Waals surface area contributed by atoms with Gasteiger partial charge in [-0.3, -0.25) is 0 Å². The molecule has 0 aliphatic rings. The van der Waals surface area contributed by atoms with Crippen molar-refractivity contribution in [3.8, 4) is 11.4 Å². The number of hydrogen-bond acceptors (Lipinski definition) is 0. The Bertz CT molecular complexity index is 2330. The Morgan fingerprint density at radius 3 is 1.50 bits per heavy atom. The van der Waals surface area contributed by atoms with E-state index in [0.717, 1.165) is 5.69 Å². The van der Waals surface area contributed by atoms with Gasteiger partial charge in [0.1, 0.15) is 0 Å². The van der Waals surface area contributed by atoms with Crippen LogP contribution in [0.3, 0.4) is 0 Å². The van der Waals surface area contributed by atoms with Crippen LogP contribution in [-0.2, 0) is 0 Å². The number of para-hydroxylation sites is 2. The molecule has 0 N–H and O–H groups in total. The Balaban J connectivity index is 1.46. The highest BCUT2D eigenvalue weighted by Gasteiger charge is 2.19. The highest BCUT2D eigenvalue weighted by Crippen LogP contribution is 2.41. The lowest BCUT2D eigenvalue weighted by Gasteiger charge is -2.11. The Morgan fingerprint density at radius 1 is 0.300 bits per heavy atom. The van der Waals surface area contributed by atoms with Gasteiger partial charge in [-0.25, -0.2) is 0 Å². The van der Waals surface area contributed by atoms with Crippen molar-refractivity contribution in [3.63, 3.8) is 0 Å². The van der Waals surface area contributed by atoms with Crippen LogP contribution in [0.25, 0.3) is 76.5 Å². The van der Waals surface area contributed by atoms with E-state index in [4.69, 9.17) is 0 Å². The molecule has 40 heavy (non-hydrogen) atoms. The fourth-order valence-corrected chi connectivity index (χ4v) is 6.78. The molecule has 0 amide bonds. The fraction of sp³-hybridized carbons (Fsp3) is 0. The van der Waals surface area contributed by atoms with Gasteiger partial charge in [0.2, 0.25) is 0 Å². The molecule has 0 spiro atoms. The Hall–Kier alpha value is -5.34. The molecule has 7 aromatic carbocycles. The first-order chi connectivity index (χ1) is 19.9. The van der Waals surface area contributed by atoms with Crippen molar-refractivity contribution < 1.29 is 0 Å². The molecule has 9 rings (SSSR count). The summed E-state index contributed by atoms with van der Waals surface area (Å²) in [6.07, 6.45) is 0. The van der Waals surface area contributed by atoms with E-state index in [2.05, 4.69) is 155 Å². The van der Waals surface area contributed by atoms with Crippen LogP contribution in [0.1, 0.15) is 0 Å². The van der Waals surface area contributed by atoms with Crippen LogP contribution in [0.15, 0.2) is 146 Å². The molecular weight excluding hydrogens is 484 g/mol. The second-order valence-electron chi connectivity index (χ2n) is 10.6. The molecule has 0 saturated carbocycles. The molecule has 2 heteroatoms. The number of hydrogen-bond donors (Lipinski definition) is 0. The fourth-order valence-electron chi connectivity index (χ4n) is 6.78. The van der Waals surface area contributed by atoms with E-state index in [-0.39, 0.29) is 0 Å². The average molecular weight is 509 g/mol. The van der Waals surface area contributed by atoms with Crippen LogP contribution in [0.2, 0.25) is 0 Å². The van der Waals surface area contributed by atoms with E-state index in [0.29, 0.717) is 0 Å². The highest BCUT2D eigenvalue weighted by molar-refractivity contribution is 6.28. The first-order valence-corrected chi connectivity index (χ1v) is 13.8. The SMILES string of the molecule is c1ccc(-n2c3ccccc3c3ccc(-n4c5ccc6ccccc6c5c5c6ccccc6ccc54)cc32)cc1. The standard InChI is InChI=1S/C38H24N2/c1-2-12-27(13-3-1)39-33-17-9-8-16-31(33)32-21-20-28(24-36(32)39)40-34-22-18-25-10-4-6-14-29(25)37(34)38-30-15-7-5-11-26(30)19-23-35(38)40/h1-24H. The smallest absolute Gasteiger partial charge is 0.0561 e. The molecule has 0 bridgehead atoms. The Kier molecular flexibility index (Phi) is 4.36. The second kappa shape index (κ2) is 8.08. The number of rotatable bonds is 2. The lowest BCUT2D eigenvalue weighted by molar-refractivity contribution is 1.16. The van der Waals surface area contributed by atoms with Crippen molar-refractivity contribution in [1.29, 1.82) is 0 Å². The third-order valence-electron chi connectivity index (χ3n) is 8.48. The van der Waals surface area contributed by atoms with Gasteiger partial charge in [0.05, 0.1) is 22.1 Å². The summed E-state index contributed by atoms with van der Waals surface area (Å²) in [4.78, 5) is 0. The van der Waals surface area contributed by atoms with E-state index in [1.165, 1.54) is 70.8 Å². The van der Waals surface area contributed by atoms with Crippen LogP contribution < -0.4 is 0 Å². The van der Waals surface area contributed by atoms with Crippen molar-refractivity contribution in [2.45, 2.75) is 0 Å². The summed E-state index contributed by atoms with van der Waals surface area (Å²) in [6, 6.07) is 53.0. The van der Waals surface area contributed by atoms with Crippen molar-refractivity contribution in [1.82, 2.24) is 9.13 Å². The maximum absolute atomic E-state index is 2.45. The summed E-state index contributed by atoms with van der Waals surface area (Å²) >= 11 is 0. The molecule has 2 aromatic heterocycles. The van der Waals surface area contributed by atoms with Crippen LogP contribution in [-0.4, -0.2) is 9.13 Å². The van der Waals surface area contributed by atoms with Crippen molar-refractivity contribution in [2.24, 2.45) is 0 Å². The molecule has 0 radical (unpaired) electrons. The lowest BCUT2D eigenvalue weighted by atomic mass is 10.00. The molecule has 0 fully saturated rings. The predicted octanol–water partition coefficient (Wildman–Crippen LogP) is 10.2. The first kappa shape index (κ1) is 21.6. The van der Waals surface area contributed by atoms with Gasteiger partial charge in [0.15, 0.2) is 0 Å². The molecule has 0 saturated heterocycles. The van der Waals surface area contributed by atoms with E-state index >= 15 is 0 Å². The number of fused-ring (bicyclic) bond motifs is 10. The monoisotopic (exact) mass is 508 g/mol. The largest absolute Gasteiger partial charge is 0.309 e. The molecule has 9 aromatic rings. The third-order valence-corrected chi connectivity index (χ3v) is 8.48. The second-order valence-corrected chi connectivity index (χ2v) is 10.6. The molecule has 2 heterocycles. The van der Waals surface area contributed by atoms with Gasteiger partial charge in [-0.15, -0.1) is 0 Å². The maximum Gasteiger partial charge on any atom is 0.0561 e. The van der Waals surface area contributed by atoms with Gasteiger partial charge >= 0.3 is 0 Å². The zero-order chi connectivity index (χ0) is 26.2. The van der Waals surface area contributed by atoms with Crippen LogP contribution in [0.5, 0.6) is 0 Å². The minimum absolute atomic E-state index is 1.16. The van der Waals surface area contributed by atoms with Gasteiger partial charge < -0.3 is 9.13 Å². The van der Waals surface area contributed by atoms with Crippen molar-refractivity contribution in [3.05, 3.63) is 146 Å². The number of nitrogens with zero attached hydrogens (tertiary/aromatic N) is 2. The summed E-state index contributed by atoms with van der Waals surface area (Å²) in [5.74, 6) is 0. The molecule has 2 nitrogen and oxygen atoms in total. The van der Waals surface area contributed by atoms with Crippen LogP contribution in [0.4, 0.5) is 0 Å². The highest BCUT2D eigenvalue weighted by atomic mass is 15.0. The molecule has 0 unspecified atom stereocenters. The predicted molar refractivity (Wildman–Crippen MR) is 170 cm³/mol. The summed E-state index contributed by atoms with van der Waals surface area (Å²) < 4.78 is 4.85. The maximum atomic E-state index is 2.45. The van der Waals surface area contributed by atoms with E-state index in [9.17, 15) is 0 Å². The quantitative estimate of drug-likeness (QED) is 0.220. The summed E-state index contributed by atoms with van der Waals surface area (Å²) in [5, 5.41) is 10.3. The average Bonchev–Trinajstić information content (AvgIpc) is 3.54. The van der Waals surface area contributed by atoms with E-state index in [1.54, 1.807) is 0 Å². The molecule has 0 atom stereocenters. The molecule has 0 aliphatic heterocycles. The van der Waals surface area contributed by atoms with Crippen LogP contribution >= 0.6 is 0 Å². The third kappa shape index (κ3) is 2.88. The van der Waals surface area contributed by atoms with Crippen LogP contribution in [0, 0.1) is 0 Å².